The molecular weight excluding hydrogens is 414 g/mol. The van der Waals surface area contributed by atoms with Crippen LogP contribution in [0.5, 0.6) is 5.75 Å². The van der Waals surface area contributed by atoms with Crippen LogP contribution in [0.3, 0.4) is 0 Å². The summed E-state index contributed by atoms with van der Waals surface area (Å²) in [6.07, 6.45) is 1.85. The Balaban J connectivity index is 1.52. The summed E-state index contributed by atoms with van der Waals surface area (Å²) in [5, 5.41) is 2.78. The summed E-state index contributed by atoms with van der Waals surface area (Å²) < 4.78 is 43.4. The normalized spacial score (nSPS) is 22.5. The summed E-state index contributed by atoms with van der Waals surface area (Å²) in [7, 11) is -3.74. The molecule has 1 atom stereocenters. The van der Waals surface area contributed by atoms with Crippen LogP contribution in [0.1, 0.15) is 12.8 Å². The van der Waals surface area contributed by atoms with Crippen molar-refractivity contribution in [2.75, 3.05) is 57.5 Å². The minimum atomic E-state index is -3.74. The quantitative estimate of drug-likeness (QED) is 0.649. The summed E-state index contributed by atoms with van der Waals surface area (Å²) in [5.41, 5.74) is 0.271. The molecule has 2 amide bonds. The van der Waals surface area contributed by atoms with Gasteiger partial charge in [-0.05, 0) is 31.0 Å². The molecule has 1 aromatic carbocycles. The first-order chi connectivity index (χ1) is 14.4. The van der Waals surface area contributed by atoms with Crippen molar-refractivity contribution >= 4 is 27.5 Å². The molecule has 30 heavy (non-hydrogen) atoms. The molecule has 3 aliphatic rings. The second-order valence-corrected chi connectivity index (χ2v) is 9.29. The Morgan fingerprint density at radius 1 is 1.20 bits per heavy atom. The summed E-state index contributed by atoms with van der Waals surface area (Å²) >= 11 is 0. The van der Waals surface area contributed by atoms with Crippen molar-refractivity contribution in [3.05, 3.63) is 18.2 Å². The molecule has 1 N–H and O–H groups in total. The van der Waals surface area contributed by atoms with Crippen LogP contribution in [0.2, 0.25) is 0 Å². The van der Waals surface area contributed by atoms with E-state index in [-0.39, 0.29) is 48.8 Å². The van der Waals surface area contributed by atoms with Crippen LogP contribution < -0.4 is 15.0 Å². The van der Waals surface area contributed by atoms with Crippen LogP contribution in [-0.4, -0.2) is 83.2 Å². The van der Waals surface area contributed by atoms with Gasteiger partial charge in [0.1, 0.15) is 12.3 Å². The molecule has 0 spiro atoms. The van der Waals surface area contributed by atoms with E-state index in [9.17, 15) is 18.0 Å². The van der Waals surface area contributed by atoms with Crippen molar-refractivity contribution in [1.82, 2.24) is 9.62 Å². The van der Waals surface area contributed by atoms with Crippen molar-refractivity contribution < 1.29 is 32.2 Å². The van der Waals surface area contributed by atoms with Crippen molar-refractivity contribution in [3.63, 3.8) is 0 Å². The molecule has 0 aromatic heterocycles. The molecule has 0 saturated carbocycles. The smallest absolute Gasteiger partial charge is 0.265 e. The number of morpholine rings is 1. The van der Waals surface area contributed by atoms with Gasteiger partial charge in [0.05, 0.1) is 29.9 Å². The van der Waals surface area contributed by atoms with Gasteiger partial charge in [-0.2, -0.15) is 4.31 Å². The maximum absolute atomic E-state index is 13.0. The Labute approximate surface area is 175 Å². The maximum Gasteiger partial charge on any atom is 0.265 e. The summed E-state index contributed by atoms with van der Waals surface area (Å²) in [6, 6.07) is 4.37. The molecule has 2 fully saturated rings. The highest BCUT2D eigenvalue weighted by atomic mass is 32.2. The lowest BCUT2D eigenvalue weighted by atomic mass is 10.2. The number of fused-ring (bicyclic) bond motifs is 1. The number of sulfonamides is 1. The zero-order chi connectivity index (χ0) is 21.1. The minimum absolute atomic E-state index is 0.00750. The van der Waals surface area contributed by atoms with E-state index in [4.69, 9.17) is 14.2 Å². The lowest BCUT2D eigenvalue weighted by Gasteiger charge is -2.30. The van der Waals surface area contributed by atoms with Gasteiger partial charge in [0.15, 0.2) is 6.61 Å². The van der Waals surface area contributed by atoms with E-state index in [1.54, 1.807) is 0 Å². The minimum Gasteiger partial charge on any atom is -0.482 e. The van der Waals surface area contributed by atoms with E-state index < -0.39 is 15.9 Å². The lowest BCUT2D eigenvalue weighted by Crippen LogP contribution is -2.46. The Bertz CT molecular complexity index is 909. The van der Waals surface area contributed by atoms with E-state index in [1.165, 1.54) is 27.4 Å². The highest BCUT2D eigenvalue weighted by Crippen LogP contribution is 2.35. The molecule has 3 heterocycles. The van der Waals surface area contributed by atoms with E-state index in [0.29, 0.717) is 32.1 Å². The first-order valence-corrected chi connectivity index (χ1v) is 11.4. The third-order valence-electron chi connectivity index (χ3n) is 5.33. The maximum atomic E-state index is 13.0. The van der Waals surface area contributed by atoms with E-state index in [2.05, 4.69) is 5.32 Å². The zero-order valence-corrected chi connectivity index (χ0v) is 17.4. The summed E-state index contributed by atoms with van der Waals surface area (Å²) in [6.45, 7) is 1.86. The number of nitrogens with zero attached hydrogens (tertiary/aromatic N) is 2. The molecule has 164 valence electrons. The number of amides is 2. The van der Waals surface area contributed by atoms with Gasteiger partial charge in [-0.25, -0.2) is 8.42 Å². The number of hydrogen-bond donors (Lipinski definition) is 1. The van der Waals surface area contributed by atoms with Gasteiger partial charge in [0.2, 0.25) is 15.9 Å². The Hall–Kier alpha value is -2.21. The highest BCUT2D eigenvalue weighted by Gasteiger charge is 2.32. The largest absolute Gasteiger partial charge is 0.482 e. The third-order valence-corrected chi connectivity index (χ3v) is 7.23. The van der Waals surface area contributed by atoms with Gasteiger partial charge in [-0.15, -0.1) is 0 Å². The predicted octanol–water partition coefficient (Wildman–Crippen LogP) is -0.272. The van der Waals surface area contributed by atoms with Gasteiger partial charge >= 0.3 is 0 Å². The molecule has 0 aliphatic carbocycles. The van der Waals surface area contributed by atoms with Crippen LogP contribution in [0.25, 0.3) is 0 Å². The summed E-state index contributed by atoms with van der Waals surface area (Å²) in [5.74, 6) is -0.383. The fourth-order valence-electron chi connectivity index (χ4n) is 3.68. The number of anilines is 1. The first kappa shape index (κ1) is 21.0. The van der Waals surface area contributed by atoms with Gasteiger partial charge in [-0.1, -0.05) is 0 Å². The molecule has 1 aromatic rings. The number of nitrogens with one attached hydrogen (secondary N) is 1. The molecule has 3 aliphatic heterocycles. The van der Waals surface area contributed by atoms with Gasteiger partial charge < -0.3 is 19.5 Å². The van der Waals surface area contributed by atoms with Crippen molar-refractivity contribution in [1.29, 1.82) is 0 Å². The van der Waals surface area contributed by atoms with E-state index >= 15 is 0 Å². The number of ether oxygens (including phenoxy) is 3. The monoisotopic (exact) mass is 439 g/mol. The molecule has 10 nitrogen and oxygen atoms in total. The SMILES string of the molecule is O=C(CN1C(=O)COc2ccc(S(=O)(=O)N3CCOCC3)cc21)NC[C@@H]1CCCO1. The Kier molecular flexibility index (Phi) is 6.23. The van der Waals surface area contributed by atoms with Crippen LogP contribution >= 0.6 is 0 Å². The molecule has 0 radical (unpaired) electrons. The number of carbonyl (C=O) groups excluding carboxylic acids is 2. The van der Waals surface area contributed by atoms with E-state index in [1.807, 2.05) is 0 Å². The molecule has 0 bridgehead atoms. The molecular formula is C19H25N3O7S. The second kappa shape index (κ2) is 8.88. The lowest BCUT2D eigenvalue weighted by molar-refractivity contribution is -0.125. The average molecular weight is 439 g/mol. The first-order valence-electron chi connectivity index (χ1n) is 9.98. The number of rotatable bonds is 6. The standard InChI is InChI=1S/C19H25N3O7S/c23-18(20-11-14-2-1-7-28-14)12-22-16-10-15(3-4-17(16)29-13-19(22)24)30(25,26)21-5-8-27-9-6-21/h3-4,10,14H,1-2,5-9,11-13H2,(H,20,23)/t14-/m0/s1. The molecule has 4 rings (SSSR count). The van der Waals surface area contributed by atoms with Crippen LogP contribution in [-0.2, 0) is 29.1 Å². The third kappa shape index (κ3) is 4.43. The zero-order valence-electron chi connectivity index (χ0n) is 16.5. The van der Waals surface area contributed by atoms with Gasteiger partial charge in [0, 0.05) is 26.2 Å². The number of hydrogen-bond acceptors (Lipinski definition) is 7. The van der Waals surface area contributed by atoms with E-state index in [0.717, 1.165) is 12.8 Å². The van der Waals surface area contributed by atoms with Gasteiger partial charge in [0.25, 0.3) is 5.91 Å². The topological polar surface area (TPSA) is 114 Å². The Morgan fingerprint density at radius 3 is 2.73 bits per heavy atom. The molecule has 2 saturated heterocycles. The summed E-state index contributed by atoms with van der Waals surface area (Å²) in [4.78, 5) is 26.2. The highest BCUT2D eigenvalue weighted by molar-refractivity contribution is 7.89. The van der Waals surface area contributed by atoms with Crippen LogP contribution in [0, 0.1) is 0 Å². The van der Waals surface area contributed by atoms with Crippen LogP contribution in [0.4, 0.5) is 5.69 Å². The second-order valence-electron chi connectivity index (χ2n) is 7.35. The van der Waals surface area contributed by atoms with Crippen LogP contribution in [0.15, 0.2) is 23.1 Å². The average Bonchev–Trinajstić information content (AvgIpc) is 3.28. The number of benzene rings is 1. The van der Waals surface area contributed by atoms with Crippen molar-refractivity contribution in [2.24, 2.45) is 0 Å². The predicted molar refractivity (Wildman–Crippen MR) is 106 cm³/mol. The fraction of sp³-hybridized carbons (Fsp3) is 0.579. The van der Waals surface area contributed by atoms with Crippen molar-refractivity contribution in [3.8, 4) is 5.75 Å². The Morgan fingerprint density at radius 2 is 2.00 bits per heavy atom. The fourth-order valence-corrected chi connectivity index (χ4v) is 5.11. The molecule has 11 heteroatoms. The van der Waals surface area contributed by atoms with Gasteiger partial charge in [-0.3, -0.25) is 14.5 Å². The number of carbonyl (C=O) groups is 2. The molecule has 0 unspecified atom stereocenters. The van der Waals surface area contributed by atoms with Crippen molar-refractivity contribution in [2.45, 2.75) is 23.8 Å².